The molecule has 1 unspecified atom stereocenters. The van der Waals surface area contributed by atoms with Gasteiger partial charge in [-0.05, 0) is 19.1 Å². The van der Waals surface area contributed by atoms with Crippen LogP contribution in [0.4, 0.5) is 0 Å². The molecule has 0 radical (unpaired) electrons. The first kappa shape index (κ1) is 12.4. The molecular formula is C11H13NO3S. The summed E-state index contributed by atoms with van der Waals surface area (Å²) in [6, 6.07) is 8.62. The van der Waals surface area contributed by atoms with Crippen molar-refractivity contribution in [2.45, 2.75) is 11.8 Å². The minimum absolute atomic E-state index is 0.0342. The van der Waals surface area contributed by atoms with E-state index in [1.54, 1.807) is 37.3 Å². The van der Waals surface area contributed by atoms with Crippen LogP contribution < -0.4 is 5.73 Å². The fourth-order valence-corrected chi connectivity index (χ4v) is 2.07. The zero-order valence-corrected chi connectivity index (χ0v) is 9.70. The van der Waals surface area contributed by atoms with Gasteiger partial charge in [-0.25, -0.2) is 9.00 Å². The summed E-state index contributed by atoms with van der Waals surface area (Å²) in [6.07, 6.45) is 1.03. The van der Waals surface area contributed by atoms with Crippen molar-refractivity contribution in [2.75, 3.05) is 6.61 Å². The standard InChI is InChI=1S/C11H13NO3S/c1-2-15-11(13)10(8-12)16(14)9-6-4-3-5-7-9/h3-8H,2,12H2,1H3. The van der Waals surface area contributed by atoms with Crippen LogP contribution >= 0.6 is 0 Å². The van der Waals surface area contributed by atoms with Crippen LogP contribution in [0.15, 0.2) is 46.3 Å². The summed E-state index contributed by atoms with van der Waals surface area (Å²) in [7, 11) is -1.59. The van der Waals surface area contributed by atoms with Gasteiger partial charge in [0.15, 0.2) is 0 Å². The molecule has 0 saturated carbocycles. The number of nitrogens with two attached hydrogens (primary N) is 1. The zero-order valence-electron chi connectivity index (χ0n) is 8.88. The Morgan fingerprint density at radius 2 is 2.06 bits per heavy atom. The van der Waals surface area contributed by atoms with Crippen molar-refractivity contribution in [1.82, 2.24) is 0 Å². The van der Waals surface area contributed by atoms with Gasteiger partial charge in [0.1, 0.15) is 4.91 Å². The fraction of sp³-hybridized carbons (Fsp3) is 0.182. The largest absolute Gasteiger partial charge is 0.462 e. The molecule has 0 bridgehead atoms. The first-order valence-electron chi connectivity index (χ1n) is 4.76. The Morgan fingerprint density at radius 3 is 2.56 bits per heavy atom. The predicted octanol–water partition coefficient (Wildman–Crippen LogP) is 1.16. The lowest BCUT2D eigenvalue weighted by molar-refractivity contribution is -0.137. The van der Waals surface area contributed by atoms with Gasteiger partial charge in [-0.2, -0.15) is 0 Å². The van der Waals surface area contributed by atoms with Gasteiger partial charge in [0.25, 0.3) is 0 Å². The number of carbonyl (C=O) groups excluding carboxylic acids is 1. The lowest BCUT2D eigenvalue weighted by Gasteiger charge is -2.05. The molecule has 86 valence electrons. The molecule has 1 rings (SSSR count). The van der Waals surface area contributed by atoms with Crippen LogP contribution in [0.5, 0.6) is 0 Å². The van der Waals surface area contributed by atoms with Gasteiger partial charge in [0.05, 0.1) is 17.4 Å². The molecule has 1 atom stereocenters. The fourth-order valence-electron chi connectivity index (χ4n) is 1.08. The van der Waals surface area contributed by atoms with E-state index in [-0.39, 0.29) is 11.5 Å². The summed E-state index contributed by atoms with van der Waals surface area (Å²) in [4.78, 5) is 11.9. The van der Waals surface area contributed by atoms with E-state index in [2.05, 4.69) is 0 Å². The molecule has 2 N–H and O–H groups in total. The zero-order chi connectivity index (χ0) is 12.0. The van der Waals surface area contributed by atoms with E-state index in [1.165, 1.54) is 0 Å². The highest BCUT2D eigenvalue weighted by atomic mass is 32.2. The Morgan fingerprint density at radius 1 is 1.44 bits per heavy atom. The Kier molecular flexibility index (Phi) is 4.72. The van der Waals surface area contributed by atoms with Crippen LogP contribution in [0.2, 0.25) is 0 Å². The van der Waals surface area contributed by atoms with E-state index in [1.807, 2.05) is 0 Å². The summed E-state index contributed by atoms with van der Waals surface area (Å²) in [5.41, 5.74) is 5.29. The number of esters is 1. The summed E-state index contributed by atoms with van der Waals surface area (Å²) < 4.78 is 16.7. The summed E-state index contributed by atoms with van der Waals surface area (Å²) in [5, 5.41) is 0. The first-order valence-corrected chi connectivity index (χ1v) is 5.91. The predicted molar refractivity (Wildman–Crippen MR) is 61.8 cm³/mol. The molecule has 1 aromatic rings. The lowest BCUT2D eigenvalue weighted by atomic mass is 10.4. The normalized spacial score (nSPS) is 13.2. The van der Waals surface area contributed by atoms with E-state index in [0.29, 0.717) is 4.90 Å². The van der Waals surface area contributed by atoms with Gasteiger partial charge in [-0.3, -0.25) is 0 Å². The first-order chi connectivity index (χ1) is 7.70. The average molecular weight is 239 g/mol. The van der Waals surface area contributed by atoms with Crippen molar-refractivity contribution in [1.29, 1.82) is 0 Å². The summed E-state index contributed by atoms with van der Waals surface area (Å²) in [6.45, 7) is 1.90. The Labute approximate surface area is 96.6 Å². The Balaban J connectivity index is 2.92. The van der Waals surface area contributed by atoms with Crippen LogP contribution in [-0.2, 0) is 20.3 Å². The molecule has 0 aliphatic carbocycles. The van der Waals surface area contributed by atoms with Crippen molar-refractivity contribution in [3.05, 3.63) is 41.4 Å². The average Bonchev–Trinajstić information content (AvgIpc) is 2.31. The van der Waals surface area contributed by atoms with Gasteiger partial charge in [0.2, 0.25) is 0 Å². The van der Waals surface area contributed by atoms with Crippen LogP contribution in [0, 0.1) is 0 Å². The van der Waals surface area contributed by atoms with Crippen molar-refractivity contribution in [2.24, 2.45) is 5.73 Å². The van der Waals surface area contributed by atoms with E-state index in [0.717, 1.165) is 6.20 Å². The highest BCUT2D eigenvalue weighted by Crippen LogP contribution is 2.14. The number of hydrogen-bond donors (Lipinski definition) is 1. The third-order valence-electron chi connectivity index (χ3n) is 1.79. The number of rotatable bonds is 4. The smallest absolute Gasteiger partial charge is 0.349 e. The van der Waals surface area contributed by atoms with Crippen LogP contribution in [-0.4, -0.2) is 16.8 Å². The van der Waals surface area contributed by atoms with Crippen molar-refractivity contribution < 1.29 is 13.7 Å². The lowest BCUT2D eigenvalue weighted by Crippen LogP contribution is -2.13. The van der Waals surface area contributed by atoms with E-state index >= 15 is 0 Å². The van der Waals surface area contributed by atoms with E-state index < -0.39 is 16.8 Å². The highest BCUT2D eigenvalue weighted by molar-refractivity contribution is 7.90. The molecule has 5 heteroatoms. The van der Waals surface area contributed by atoms with E-state index in [9.17, 15) is 9.00 Å². The van der Waals surface area contributed by atoms with Crippen molar-refractivity contribution in [3.8, 4) is 0 Å². The number of benzene rings is 1. The third kappa shape index (κ3) is 2.93. The second-order valence-electron chi connectivity index (χ2n) is 2.83. The SMILES string of the molecule is CCOC(=O)C(=CN)S(=O)c1ccccc1. The third-order valence-corrected chi connectivity index (χ3v) is 3.19. The highest BCUT2D eigenvalue weighted by Gasteiger charge is 2.18. The quantitative estimate of drug-likeness (QED) is 0.632. The number of hydrogen-bond acceptors (Lipinski definition) is 4. The maximum atomic E-state index is 12.0. The van der Waals surface area contributed by atoms with Gasteiger partial charge >= 0.3 is 5.97 Å². The molecule has 0 amide bonds. The van der Waals surface area contributed by atoms with Gasteiger partial charge in [-0.1, -0.05) is 18.2 Å². The van der Waals surface area contributed by atoms with E-state index in [4.69, 9.17) is 10.5 Å². The molecule has 0 aliphatic rings. The maximum absolute atomic E-state index is 12.0. The molecule has 0 aromatic heterocycles. The molecule has 4 nitrogen and oxygen atoms in total. The molecule has 0 heterocycles. The van der Waals surface area contributed by atoms with Crippen molar-refractivity contribution >= 4 is 16.8 Å². The molecule has 0 fully saturated rings. The monoisotopic (exact) mass is 239 g/mol. The Bertz CT molecular complexity index is 414. The number of carbonyl (C=O) groups is 1. The summed E-state index contributed by atoms with van der Waals surface area (Å²) >= 11 is 0. The topological polar surface area (TPSA) is 69.4 Å². The van der Waals surface area contributed by atoms with Crippen molar-refractivity contribution in [3.63, 3.8) is 0 Å². The summed E-state index contributed by atoms with van der Waals surface area (Å²) in [5.74, 6) is -0.646. The molecule has 1 aromatic carbocycles. The number of ether oxygens (including phenoxy) is 1. The molecule has 0 aliphatic heterocycles. The maximum Gasteiger partial charge on any atom is 0.349 e. The van der Waals surface area contributed by atoms with Crippen LogP contribution in [0.1, 0.15) is 6.92 Å². The second-order valence-corrected chi connectivity index (χ2v) is 4.28. The molecule has 0 saturated heterocycles. The Hall–Kier alpha value is -1.62. The molecular weight excluding hydrogens is 226 g/mol. The van der Waals surface area contributed by atoms with Gasteiger partial charge in [-0.15, -0.1) is 0 Å². The van der Waals surface area contributed by atoms with Gasteiger partial charge < -0.3 is 10.5 Å². The minimum Gasteiger partial charge on any atom is -0.462 e. The van der Waals surface area contributed by atoms with Crippen LogP contribution in [0.3, 0.4) is 0 Å². The molecule has 0 spiro atoms. The minimum atomic E-state index is -1.59. The van der Waals surface area contributed by atoms with Gasteiger partial charge in [0, 0.05) is 11.1 Å². The second kappa shape index (κ2) is 6.07. The van der Waals surface area contributed by atoms with Crippen LogP contribution in [0.25, 0.3) is 0 Å². The molecule has 16 heavy (non-hydrogen) atoms.